The van der Waals surface area contributed by atoms with Crippen molar-refractivity contribution in [3.8, 4) is 11.1 Å². The maximum Gasteiger partial charge on any atom is 0.260 e. The molecule has 0 aliphatic carbocycles. The van der Waals surface area contributed by atoms with Gasteiger partial charge < -0.3 is 14.7 Å². The van der Waals surface area contributed by atoms with Crippen LogP contribution in [0.15, 0.2) is 120 Å². The highest BCUT2D eigenvalue weighted by molar-refractivity contribution is 5.97. The molecule has 2 aromatic carbocycles. The van der Waals surface area contributed by atoms with Crippen molar-refractivity contribution in [2.75, 3.05) is 0 Å². The minimum Gasteiger partial charge on any atom is -0.383 e. The third-order valence-electron chi connectivity index (χ3n) is 6.38. The van der Waals surface area contributed by atoms with Crippen LogP contribution < -0.4 is 11.3 Å². The molecule has 0 aliphatic heterocycles. The summed E-state index contributed by atoms with van der Waals surface area (Å²) in [5.74, 6) is 0.507. The molecular weight excluding hydrogens is 460 g/mol. The molecule has 4 heterocycles. The number of imidazole rings is 1. The monoisotopic (exact) mass is 484 g/mol. The molecule has 37 heavy (non-hydrogen) atoms. The lowest BCUT2D eigenvalue weighted by Crippen LogP contribution is -2.20. The van der Waals surface area contributed by atoms with Gasteiger partial charge in [-0.05, 0) is 28.6 Å². The number of hydrogen-bond acceptors (Lipinski definition) is 4. The lowest BCUT2D eigenvalue weighted by atomic mass is 10.0. The number of benzene rings is 2. The fourth-order valence-corrected chi connectivity index (χ4v) is 4.49. The molecule has 2 N–H and O–H groups in total. The standard InChI is InChI=1S/C30H24N6O/c31-29(23-9-5-2-6-10-23)33-15-21-11-12-28-34-24(20-36(28)18-21)19-35-14-13-25-26(22-7-3-1-4-8-22)16-32-17-27(25)30(35)37/h1-14,16-18,20H,15,19H2,(H2,31,33). The second-order valence-electron chi connectivity index (χ2n) is 8.87. The largest absolute Gasteiger partial charge is 0.383 e. The zero-order valence-electron chi connectivity index (χ0n) is 20.0. The van der Waals surface area contributed by atoms with Gasteiger partial charge in [-0.15, -0.1) is 0 Å². The lowest BCUT2D eigenvalue weighted by molar-refractivity contribution is 0.752. The summed E-state index contributed by atoms with van der Waals surface area (Å²) < 4.78 is 3.63. The fraction of sp³-hybridized carbons (Fsp3) is 0.0667. The van der Waals surface area contributed by atoms with E-state index >= 15 is 0 Å². The molecule has 4 aromatic heterocycles. The number of hydrogen-bond donors (Lipinski definition) is 1. The first-order valence-electron chi connectivity index (χ1n) is 12.0. The molecule has 180 valence electrons. The van der Waals surface area contributed by atoms with Crippen molar-refractivity contribution < 1.29 is 0 Å². The van der Waals surface area contributed by atoms with Crippen molar-refractivity contribution in [1.29, 1.82) is 0 Å². The molecule has 0 fully saturated rings. The van der Waals surface area contributed by atoms with E-state index in [2.05, 4.69) is 9.98 Å². The zero-order valence-corrected chi connectivity index (χ0v) is 20.0. The van der Waals surface area contributed by atoms with Crippen molar-refractivity contribution in [1.82, 2.24) is 18.9 Å². The van der Waals surface area contributed by atoms with Crippen molar-refractivity contribution in [3.05, 3.63) is 137 Å². The van der Waals surface area contributed by atoms with Crippen LogP contribution in [0.3, 0.4) is 0 Å². The first-order chi connectivity index (χ1) is 18.2. The summed E-state index contributed by atoms with van der Waals surface area (Å²) in [6.45, 7) is 0.825. The molecular formula is C30H24N6O. The number of fused-ring (bicyclic) bond motifs is 2. The molecule has 0 saturated heterocycles. The van der Waals surface area contributed by atoms with Crippen LogP contribution in [0.4, 0.5) is 0 Å². The Morgan fingerprint density at radius 3 is 2.46 bits per heavy atom. The maximum absolute atomic E-state index is 13.3. The summed E-state index contributed by atoms with van der Waals surface area (Å²) in [5, 5.41) is 1.47. The van der Waals surface area contributed by atoms with Gasteiger partial charge in [-0.3, -0.25) is 14.8 Å². The summed E-state index contributed by atoms with van der Waals surface area (Å²) >= 11 is 0. The first kappa shape index (κ1) is 22.4. The molecule has 6 aromatic rings. The van der Waals surface area contributed by atoms with Crippen LogP contribution in [0, 0.1) is 0 Å². The highest BCUT2D eigenvalue weighted by Gasteiger charge is 2.11. The van der Waals surface area contributed by atoms with E-state index in [-0.39, 0.29) is 5.56 Å². The number of pyridine rings is 3. The summed E-state index contributed by atoms with van der Waals surface area (Å²) in [6, 6.07) is 25.6. The highest BCUT2D eigenvalue weighted by atomic mass is 16.1. The third kappa shape index (κ3) is 4.50. The zero-order chi connectivity index (χ0) is 25.2. The third-order valence-corrected chi connectivity index (χ3v) is 6.38. The van der Waals surface area contributed by atoms with Gasteiger partial charge in [-0.25, -0.2) is 4.98 Å². The molecule has 7 heteroatoms. The van der Waals surface area contributed by atoms with Gasteiger partial charge >= 0.3 is 0 Å². The first-order valence-corrected chi connectivity index (χ1v) is 12.0. The average molecular weight is 485 g/mol. The van der Waals surface area contributed by atoms with Crippen LogP contribution in [0.1, 0.15) is 16.8 Å². The van der Waals surface area contributed by atoms with Crippen LogP contribution in [-0.2, 0) is 13.1 Å². The Morgan fingerprint density at radius 1 is 0.865 bits per heavy atom. The molecule has 0 spiro atoms. The average Bonchev–Trinajstić information content (AvgIpc) is 3.35. The molecule has 0 bridgehead atoms. The van der Waals surface area contributed by atoms with Gasteiger partial charge in [-0.1, -0.05) is 66.7 Å². The van der Waals surface area contributed by atoms with Crippen molar-refractivity contribution >= 4 is 22.3 Å². The predicted molar refractivity (Wildman–Crippen MR) is 147 cm³/mol. The molecule has 0 saturated carbocycles. The van der Waals surface area contributed by atoms with Gasteiger partial charge in [0.05, 0.1) is 24.2 Å². The second kappa shape index (κ2) is 9.54. The van der Waals surface area contributed by atoms with Crippen molar-refractivity contribution in [3.63, 3.8) is 0 Å². The van der Waals surface area contributed by atoms with Crippen LogP contribution in [0.2, 0.25) is 0 Å². The van der Waals surface area contributed by atoms with E-state index in [9.17, 15) is 4.79 Å². The van der Waals surface area contributed by atoms with E-state index in [4.69, 9.17) is 10.7 Å². The molecule has 0 aliphatic rings. The van der Waals surface area contributed by atoms with E-state index in [0.717, 1.165) is 39.0 Å². The Bertz CT molecular complexity index is 1800. The Labute approximate surface area is 213 Å². The molecule has 6 rings (SSSR count). The SMILES string of the molecule is NC(=NCc1ccc2nc(Cn3ccc4c(-c5ccccc5)cncc4c3=O)cn2c1)c1ccccc1. The smallest absolute Gasteiger partial charge is 0.260 e. The van der Waals surface area contributed by atoms with Crippen molar-refractivity contribution in [2.45, 2.75) is 13.1 Å². The summed E-state index contributed by atoms with van der Waals surface area (Å²) in [7, 11) is 0. The Hall–Kier alpha value is -5.04. The molecule has 0 atom stereocenters. The predicted octanol–water partition coefficient (Wildman–Crippen LogP) is 4.67. The molecule has 0 amide bonds. The number of rotatable bonds is 6. The van der Waals surface area contributed by atoms with Gasteiger partial charge in [-0.2, -0.15) is 0 Å². The normalized spacial score (nSPS) is 11.8. The second-order valence-corrected chi connectivity index (χ2v) is 8.87. The van der Waals surface area contributed by atoms with Crippen molar-refractivity contribution in [2.24, 2.45) is 10.7 Å². The number of nitrogens with two attached hydrogens (primary N) is 1. The maximum atomic E-state index is 13.3. The summed E-state index contributed by atoms with van der Waals surface area (Å²) in [4.78, 5) is 26.9. The summed E-state index contributed by atoms with van der Waals surface area (Å²) in [5.41, 5.74) is 11.5. The molecule has 0 unspecified atom stereocenters. The molecule has 7 nitrogen and oxygen atoms in total. The number of amidine groups is 1. The van der Waals surface area contributed by atoms with E-state index in [1.165, 1.54) is 0 Å². The number of aliphatic imine (C=N–C) groups is 1. The van der Waals surface area contributed by atoms with E-state index in [1.807, 2.05) is 102 Å². The van der Waals surface area contributed by atoms with Crippen LogP contribution >= 0.6 is 0 Å². The van der Waals surface area contributed by atoms with E-state index < -0.39 is 0 Å². The minimum absolute atomic E-state index is 0.0914. The fourth-order valence-electron chi connectivity index (χ4n) is 4.49. The van der Waals surface area contributed by atoms with Crippen LogP contribution in [0.25, 0.3) is 27.5 Å². The van der Waals surface area contributed by atoms with Crippen LogP contribution in [-0.4, -0.2) is 24.8 Å². The van der Waals surface area contributed by atoms with E-state index in [0.29, 0.717) is 24.3 Å². The van der Waals surface area contributed by atoms with Gasteiger partial charge in [0.2, 0.25) is 0 Å². The van der Waals surface area contributed by atoms with Gasteiger partial charge in [0.1, 0.15) is 11.5 Å². The lowest BCUT2D eigenvalue weighted by Gasteiger charge is -2.09. The highest BCUT2D eigenvalue weighted by Crippen LogP contribution is 2.25. The summed E-state index contributed by atoms with van der Waals surface area (Å²) in [6.07, 6.45) is 9.20. The molecule has 0 radical (unpaired) electrons. The van der Waals surface area contributed by atoms with Gasteiger partial charge in [0.15, 0.2) is 0 Å². The van der Waals surface area contributed by atoms with E-state index in [1.54, 1.807) is 17.0 Å². The van der Waals surface area contributed by atoms with Crippen LogP contribution in [0.5, 0.6) is 0 Å². The Kier molecular flexibility index (Phi) is 5.78. The Morgan fingerprint density at radius 2 is 1.65 bits per heavy atom. The number of aromatic nitrogens is 4. The number of nitrogens with zero attached hydrogens (tertiary/aromatic N) is 5. The van der Waals surface area contributed by atoms with Gasteiger partial charge in [0.25, 0.3) is 5.56 Å². The Balaban J connectivity index is 1.26. The minimum atomic E-state index is -0.0914. The quantitative estimate of drug-likeness (QED) is 0.275. The topological polar surface area (TPSA) is 90.6 Å². The van der Waals surface area contributed by atoms with Gasteiger partial charge in [0, 0.05) is 42.1 Å².